The maximum atomic E-state index is 11.3. The number of anilines is 1. The van der Waals surface area contributed by atoms with Gasteiger partial charge in [-0.1, -0.05) is 35.0 Å². The van der Waals surface area contributed by atoms with Gasteiger partial charge in [0.1, 0.15) is 18.1 Å². The summed E-state index contributed by atoms with van der Waals surface area (Å²) in [6.07, 6.45) is 0. The zero-order valence-electron chi connectivity index (χ0n) is 12.7. The van der Waals surface area contributed by atoms with Crippen molar-refractivity contribution >= 4 is 28.9 Å². The Balaban J connectivity index is 1.89. The smallest absolute Gasteiger partial charge is 0.337 e. The molecule has 0 bridgehead atoms. The Bertz CT molecular complexity index is 805. The van der Waals surface area contributed by atoms with Crippen LogP contribution in [0.5, 0.6) is 5.75 Å². The molecule has 0 atom stereocenters. The van der Waals surface area contributed by atoms with Gasteiger partial charge in [0, 0.05) is 23.8 Å². The number of ether oxygens (including phenoxy) is 1. The number of hydrogen-bond acceptors (Lipinski definition) is 4. The summed E-state index contributed by atoms with van der Waals surface area (Å²) in [6.45, 7) is 2.40. The first kappa shape index (κ1) is 17.3. The number of nitrogens with zero attached hydrogens (tertiary/aromatic N) is 1. The highest BCUT2D eigenvalue weighted by molar-refractivity contribution is 6.35. The van der Waals surface area contributed by atoms with E-state index in [1.807, 2.05) is 11.9 Å². The van der Waals surface area contributed by atoms with Crippen LogP contribution in [0, 0.1) is 18.8 Å². The molecule has 0 aliphatic carbocycles. The topological polar surface area (TPSA) is 42.7 Å². The van der Waals surface area contributed by atoms with E-state index in [0.717, 1.165) is 5.69 Å². The van der Waals surface area contributed by atoms with Gasteiger partial charge in [0.2, 0.25) is 0 Å². The van der Waals surface area contributed by atoms with Gasteiger partial charge in [0.25, 0.3) is 0 Å². The highest BCUT2D eigenvalue weighted by atomic mass is 35.5. The molecule has 2 rings (SSSR count). The predicted octanol–water partition coefficient (Wildman–Crippen LogP) is 3.77. The molecule has 0 fully saturated rings. The fraction of sp³-hybridized carbons (Fsp3) is 0.235. The molecule has 0 aliphatic heterocycles. The minimum absolute atomic E-state index is 0.213. The molecular weight excluding hydrogens is 337 g/mol. The SMILES string of the molecule is Cc1cc(N(C)CC#CCOc2ccc(Cl)cc2Cl)cc(=O)o1. The summed E-state index contributed by atoms with van der Waals surface area (Å²) in [4.78, 5) is 13.2. The van der Waals surface area contributed by atoms with Gasteiger partial charge in [0.15, 0.2) is 0 Å². The van der Waals surface area contributed by atoms with Crippen molar-refractivity contribution in [1.82, 2.24) is 0 Å². The molecule has 0 N–H and O–H groups in total. The normalized spacial score (nSPS) is 9.91. The summed E-state index contributed by atoms with van der Waals surface area (Å²) in [5.74, 6) is 6.97. The fourth-order valence-electron chi connectivity index (χ4n) is 1.83. The second kappa shape index (κ2) is 7.96. The van der Waals surface area contributed by atoms with Crippen LogP contribution in [0.2, 0.25) is 10.0 Å². The van der Waals surface area contributed by atoms with Crippen LogP contribution in [0.25, 0.3) is 0 Å². The molecule has 1 aromatic carbocycles. The lowest BCUT2D eigenvalue weighted by atomic mass is 10.3. The molecule has 0 spiro atoms. The van der Waals surface area contributed by atoms with Gasteiger partial charge in [-0.15, -0.1) is 0 Å². The summed E-state index contributed by atoms with van der Waals surface area (Å²) in [5.41, 5.74) is 0.384. The molecule has 120 valence electrons. The molecule has 2 aromatic rings. The minimum atomic E-state index is -0.375. The minimum Gasteiger partial charge on any atom is -0.479 e. The van der Waals surface area contributed by atoms with Crippen LogP contribution < -0.4 is 15.3 Å². The molecule has 4 nitrogen and oxygen atoms in total. The lowest BCUT2D eigenvalue weighted by Gasteiger charge is -2.15. The third kappa shape index (κ3) is 5.24. The van der Waals surface area contributed by atoms with E-state index in [1.54, 1.807) is 31.2 Å². The predicted molar refractivity (Wildman–Crippen MR) is 92.7 cm³/mol. The van der Waals surface area contributed by atoms with Gasteiger partial charge in [-0.2, -0.15) is 0 Å². The first-order valence-electron chi connectivity index (χ1n) is 6.82. The Hall–Kier alpha value is -2.09. The maximum Gasteiger partial charge on any atom is 0.337 e. The second-order valence-electron chi connectivity index (χ2n) is 4.82. The van der Waals surface area contributed by atoms with Gasteiger partial charge in [0.05, 0.1) is 11.6 Å². The van der Waals surface area contributed by atoms with Gasteiger partial charge >= 0.3 is 5.63 Å². The fourth-order valence-corrected chi connectivity index (χ4v) is 2.29. The van der Waals surface area contributed by atoms with E-state index in [1.165, 1.54) is 6.07 Å². The molecule has 1 aromatic heterocycles. The van der Waals surface area contributed by atoms with Gasteiger partial charge < -0.3 is 14.1 Å². The average Bonchev–Trinajstić information content (AvgIpc) is 2.47. The van der Waals surface area contributed by atoms with Crippen molar-refractivity contribution < 1.29 is 9.15 Å². The number of aryl methyl sites for hydroxylation is 1. The third-order valence-corrected chi connectivity index (χ3v) is 3.48. The van der Waals surface area contributed by atoms with E-state index >= 15 is 0 Å². The zero-order chi connectivity index (χ0) is 16.8. The van der Waals surface area contributed by atoms with Crippen LogP contribution >= 0.6 is 23.2 Å². The Labute approximate surface area is 144 Å². The van der Waals surface area contributed by atoms with Crippen molar-refractivity contribution in [3.63, 3.8) is 0 Å². The quantitative estimate of drug-likeness (QED) is 0.786. The van der Waals surface area contributed by atoms with Crippen molar-refractivity contribution in [3.05, 3.63) is 56.6 Å². The molecule has 6 heteroatoms. The van der Waals surface area contributed by atoms with E-state index in [0.29, 0.717) is 28.1 Å². The zero-order valence-corrected chi connectivity index (χ0v) is 14.2. The van der Waals surface area contributed by atoms with E-state index in [-0.39, 0.29) is 12.2 Å². The summed E-state index contributed by atoms with van der Waals surface area (Å²) < 4.78 is 10.4. The van der Waals surface area contributed by atoms with Crippen molar-refractivity contribution in [2.75, 3.05) is 25.1 Å². The largest absolute Gasteiger partial charge is 0.479 e. The number of halogens is 2. The van der Waals surface area contributed by atoms with Crippen molar-refractivity contribution in [3.8, 4) is 17.6 Å². The highest BCUT2D eigenvalue weighted by Crippen LogP contribution is 2.27. The molecule has 0 amide bonds. The van der Waals surface area contributed by atoms with Gasteiger partial charge in [-0.25, -0.2) is 4.79 Å². The third-order valence-electron chi connectivity index (χ3n) is 2.95. The van der Waals surface area contributed by atoms with Crippen LogP contribution in [0.4, 0.5) is 5.69 Å². The maximum absolute atomic E-state index is 11.3. The average molecular weight is 352 g/mol. The lowest BCUT2D eigenvalue weighted by molar-refractivity contribution is 0.370. The first-order valence-corrected chi connectivity index (χ1v) is 7.58. The monoisotopic (exact) mass is 351 g/mol. The summed E-state index contributed by atoms with van der Waals surface area (Å²) in [5, 5.41) is 1.00. The van der Waals surface area contributed by atoms with Crippen molar-refractivity contribution in [1.29, 1.82) is 0 Å². The molecule has 0 saturated carbocycles. The van der Waals surface area contributed by atoms with Crippen molar-refractivity contribution in [2.24, 2.45) is 0 Å². The Kier molecular flexibility index (Phi) is 5.97. The van der Waals surface area contributed by atoms with E-state index in [9.17, 15) is 4.79 Å². The molecular formula is C17H15Cl2NO3. The van der Waals surface area contributed by atoms with Gasteiger partial charge in [-0.3, -0.25) is 0 Å². The Morgan fingerprint density at radius 2 is 2.00 bits per heavy atom. The second-order valence-corrected chi connectivity index (χ2v) is 5.66. The molecule has 0 saturated heterocycles. The summed E-state index contributed by atoms with van der Waals surface area (Å²) in [7, 11) is 1.85. The number of hydrogen-bond donors (Lipinski definition) is 0. The Morgan fingerprint density at radius 3 is 2.70 bits per heavy atom. The van der Waals surface area contributed by atoms with Crippen LogP contribution in [0.3, 0.4) is 0 Å². The lowest BCUT2D eigenvalue weighted by Crippen LogP contribution is -2.19. The Morgan fingerprint density at radius 1 is 1.22 bits per heavy atom. The number of rotatable bonds is 4. The number of benzene rings is 1. The molecule has 0 aliphatic rings. The molecule has 0 radical (unpaired) electrons. The van der Waals surface area contributed by atoms with E-state index in [4.69, 9.17) is 32.4 Å². The van der Waals surface area contributed by atoms with E-state index < -0.39 is 0 Å². The standard InChI is InChI=1S/C17H15Cl2NO3/c1-12-9-14(11-17(21)23-12)20(2)7-3-4-8-22-16-6-5-13(18)10-15(16)19/h5-6,9-11H,7-8H2,1-2H3. The summed E-state index contributed by atoms with van der Waals surface area (Å²) >= 11 is 11.8. The first-order chi connectivity index (χ1) is 11.0. The van der Waals surface area contributed by atoms with Crippen LogP contribution in [0.1, 0.15) is 5.76 Å². The van der Waals surface area contributed by atoms with Crippen LogP contribution in [-0.2, 0) is 0 Å². The molecule has 0 unspecified atom stereocenters. The molecule has 23 heavy (non-hydrogen) atoms. The van der Waals surface area contributed by atoms with Crippen LogP contribution in [-0.4, -0.2) is 20.2 Å². The molecule has 1 heterocycles. The van der Waals surface area contributed by atoms with Crippen LogP contribution in [0.15, 0.2) is 39.5 Å². The summed E-state index contributed by atoms with van der Waals surface area (Å²) in [6, 6.07) is 8.23. The van der Waals surface area contributed by atoms with Gasteiger partial charge in [-0.05, 0) is 31.2 Å². The highest BCUT2D eigenvalue weighted by Gasteiger charge is 2.03. The van der Waals surface area contributed by atoms with Crippen molar-refractivity contribution in [2.45, 2.75) is 6.92 Å². The van der Waals surface area contributed by atoms with E-state index in [2.05, 4.69) is 11.8 Å².